The second-order valence-corrected chi connectivity index (χ2v) is 2.08. The zero-order valence-electron chi connectivity index (χ0n) is 4.78. The van der Waals surface area contributed by atoms with E-state index in [-0.39, 0.29) is 0 Å². The molecule has 0 aromatic heterocycles. The minimum atomic E-state index is 0.861. The summed E-state index contributed by atoms with van der Waals surface area (Å²) in [5.74, 6) is 0.861. The van der Waals surface area contributed by atoms with Crippen LogP contribution in [-0.2, 0) is 0 Å². The van der Waals surface area contributed by atoms with Gasteiger partial charge in [-0.05, 0) is 13.0 Å². The first-order valence-corrected chi connectivity index (χ1v) is 3.00. The summed E-state index contributed by atoms with van der Waals surface area (Å²) in [6.45, 7) is 3.42. The van der Waals surface area contributed by atoms with Crippen molar-refractivity contribution in [2.45, 2.75) is 25.6 Å². The molecule has 1 rings (SSSR count). The molecule has 1 atom stereocenters. The van der Waals surface area contributed by atoms with E-state index in [0.717, 1.165) is 5.82 Å². The number of hydrogen-bond donors (Lipinski definition) is 1. The molecular weight excluding hydrogens is 84.9 g/mol. The van der Waals surface area contributed by atoms with Crippen molar-refractivity contribution in [1.29, 1.82) is 0 Å². The van der Waals surface area contributed by atoms with Gasteiger partial charge in [0.15, 0.2) is 0 Å². The zero-order chi connectivity index (χ0) is 5.11. The van der Waals surface area contributed by atoms with Crippen LogP contribution in [0.15, 0.2) is 0 Å². The van der Waals surface area contributed by atoms with Crippen LogP contribution in [0.2, 0.25) is 5.82 Å². The Bertz CT molecular complexity index is 50.0. The number of nitrogens with one attached hydrogen (secondary N) is 1. The van der Waals surface area contributed by atoms with Crippen LogP contribution in [0.1, 0.15) is 19.8 Å². The van der Waals surface area contributed by atoms with E-state index in [1.807, 2.05) is 0 Å². The van der Waals surface area contributed by atoms with E-state index in [1.54, 1.807) is 0 Å². The maximum Gasteiger partial charge on any atom is 0.208 e. The molecular formula is C5H11BN. The summed E-state index contributed by atoms with van der Waals surface area (Å²) in [5.41, 5.74) is 0. The Kier molecular flexibility index (Phi) is 1.74. The summed E-state index contributed by atoms with van der Waals surface area (Å²) in [6, 6.07) is 0. The van der Waals surface area contributed by atoms with Gasteiger partial charge in [0.05, 0.1) is 0 Å². The van der Waals surface area contributed by atoms with E-state index >= 15 is 0 Å². The van der Waals surface area contributed by atoms with Crippen molar-refractivity contribution in [3.8, 4) is 0 Å². The molecule has 0 bridgehead atoms. The average molecular weight is 96.0 g/mol. The van der Waals surface area contributed by atoms with Gasteiger partial charge in [-0.3, -0.25) is 0 Å². The largest absolute Gasteiger partial charge is 0.360 e. The molecule has 1 radical (unpaired) electrons. The molecule has 0 aromatic rings. The van der Waals surface area contributed by atoms with Gasteiger partial charge in [-0.1, -0.05) is 19.2 Å². The quantitative estimate of drug-likeness (QED) is 0.476. The first kappa shape index (κ1) is 5.17. The van der Waals surface area contributed by atoms with Gasteiger partial charge in [-0.2, -0.15) is 0 Å². The zero-order valence-corrected chi connectivity index (χ0v) is 4.78. The SMILES string of the molecule is CCC1[B]NCC1. The Labute approximate surface area is 45.8 Å². The van der Waals surface area contributed by atoms with Crippen LogP contribution in [0, 0.1) is 0 Å². The third kappa shape index (κ3) is 1.20. The number of hydrogen-bond acceptors (Lipinski definition) is 1. The normalized spacial score (nSPS) is 30.1. The monoisotopic (exact) mass is 96.1 g/mol. The van der Waals surface area contributed by atoms with Gasteiger partial charge >= 0.3 is 0 Å². The highest BCUT2D eigenvalue weighted by molar-refractivity contribution is 6.35. The minimum absolute atomic E-state index is 0.861. The van der Waals surface area contributed by atoms with Gasteiger partial charge in [-0.15, -0.1) is 0 Å². The minimum Gasteiger partial charge on any atom is -0.360 e. The molecule has 1 aliphatic rings. The maximum atomic E-state index is 3.20. The third-order valence-corrected chi connectivity index (χ3v) is 1.54. The summed E-state index contributed by atoms with van der Waals surface area (Å²) in [4.78, 5) is 0. The van der Waals surface area contributed by atoms with Crippen LogP contribution in [0.4, 0.5) is 0 Å². The lowest BCUT2D eigenvalue weighted by Gasteiger charge is -1.97. The molecule has 7 heavy (non-hydrogen) atoms. The lowest BCUT2D eigenvalue weighted by atomic mass is 9.76. The molecule has 0 saturated carbocycles. The highest BCUT2D eigenvalue weighted by Gasteiger charge is 2.12. The van der Waals surface area contributed by atoms with Gasteiger partial charge in [0.2, 0.25) is 7.41 Å². The van der Waals surface area contributed by atoms with Gasteiger partial charge in [0.25, 0.3) is 0 Å². The molecule has 0 amide bonds. The summed E-state index contributed by atoms with van der Waals surface area (Å²) >= 11 is 0. The Morgan fingerprint density at radius 2 is 2.71 bits per heavy atom. The van der Waals surface area contributed by atoms with Crippen molar-refractivity contribution >= 4 is 7.41 Å². The fourth-order valence-electron chi connectivity index (χ4n) is 0.924. The molecule has 1 unspecified atom stereocenters. The molecule has 1 aliphatic heterocycles. The summed E-state index contributed by atoms with van der Waals surface area (Å²) in [6.07, 6.45) is 2.64. The van der Waals surface area contributed by atoms with E-state index in [1.165, 1.54) is 19.4 Å². The second-order valence-electron chi connectivity index (χ2n) is 2.08. The predicted octanol–water partition coefficient (Wildman–Crippen LogP) is 0.797. The van der Waals surface area contributed by atoms with Crippen molar-refractivity contribution in [2.75, 3.05) is 6.54 Å². The smallest absolute Gasteiger partial charge is 0.208 e. The highest BCUT2D eigenvalue weighted by atomic mass is 14.8. The number of rotatable bonds is 1. The van der Waals surface area contributed by atoms with E-state index in [9.17, 15) is 0 Å². The van der Waals surface area contributed by atoms with Crippen LogP contribution in [0.3, 0.4) is 0 Å². The first-order chi connectivity index (χ1) is 3.43. The Hall–Kier alpha value is 0.0249. The lowest BCUT2D eigenvalue weighted by Crippen LogP contribution is -2.10. The van der Waals surface area contributed by atoms with Gasteiger partial charge in [0.1, 0.15) is 0 Å². The summed E-state index contributed by atoms with van der Waals surface area (Å²) < 4.78 is 0. The van der Waals surface area contributed by atoms with Crippen LogP contribution in [0.5, 0.6) is 0 Å². The molecule has 0 aliphatic carbocycles. The second kappa shape index (κ2) is 2.36. The predicted molar refractivity (Wildman–Crippen MR) is 32.4 cm³/mol. The molecule has 1 N–H and O–H groups in total. The fraction of sp³-hybridized carbons (Fsp3) is 1.00. The van der Waals surface area contributed by atoms with Crippen LogP contribution < -0.4 is 5.23 Å². The standard InChI is InChI=1S/C5H11BN/c1-2-5-3-4-7-6-5/h5,7H,2-4H2,1H3. The highest BCUT2D eigenvalue weighted by Crippen LogP contribution is 2.15. The third-order valence-electron chi connectivity index (χ3n) is 1.54. The molecule has 1 fully saturated rings. The van der Waals surface area contributed by atoms with Crippen LogP contribution >= 0.6 is 0 Å². The first-order valence-electron chi connectivity index (χ1n) is 3.00. The Morgan fingerprint density at radius 1 is 1.86 bits per heavy atom. The van der Waals surface area contributed by atoms with Crippen LogP contribution in [0.25, 0.3) is 0 Å². The van der Waals surface area contributed by atoms with Gasteiger partial charge < -0.3 is 5.23 Å². The summed E-state index contributed by atoms with van der Waals surface area (Å²) in [7, 11) is 2.21. The van der Waals surface area contributed by atoms with E-state index in [2.05, 4.69) is 19.6 Å². The lowest BCUT2D eigenvalue weighted by molar-refractivity contribution is 0.758. The molecule has 0 spiro atoms. The maximum absolute atomic E-state index is 3.20. The topological polar surface area (TPSA) is 12.0 Å². The van der Waals surface area contributed by atoms with E-state index < -0.39 is 0 Å². The van der Waals surface area contributed by atoms with Gasteiger partial charge in [0, 0.05) is 0 Å². The van der Waals surface area contributed by atoms with Crippen molar-refractivity contribution in [3.05, 3.63) is 0 Å². The Balaban J connectivity index is 2.14. The van der Waals surface area contributed by atoms with Crippen LogP contribution in [-0.4, -0.2) is 14.0 Å². The van der Waals surface area contributed by atoms with E-state index in [4.69, 9.17) is 0 Å². The average Bonchev–Trinajstić information content (AvgIpc) is 2.14. The fourth-order valence-corrected chi connectivity index (χ4v) is 0.924. The molecule has 39 valence electrons. The van der Waals surface area contributed by atoms with Crippen molar-refractivity contribution in [1.82, 2.24) is 5.23 Å². The molecule has 1 nitrogen and oxygen atoms in total. The van der Waals surface area contributed by atoms with E-state index in [0.29, 0.717) is 0 Å². The molecule has 1 saturated heterocycles. The molecule has 2 heteroatoms. The van der Waals surface area contributed by atoms with Crippen molar-refractivity contribution in [3.63, 3.8) is 0 Å². The van der Waals surface area contributed by atoms with Gasteiger partial charge in [-0.25, -0.2) is 0 Å². The van der Waals surface area contributed by atoms with Crippen molar-refractivity contribution < 1.29 is 0 Å². The molecule has 0 aromatic carbocycles. The van der Waals surface area contributed by atoms with Crippen molar-refractivity contribution in [2.24, 2.45) is 0 Å². The summed E-state index contributed by atoms with van der Waals surface area (Å²) in [5, 5.41) is 3.20. The Morgan fingerprint density at radius 3 is 3.00 bits per heavy atom. The molecule has 1 heterocycles.